The Morgan fingerprint density at radius 1 is 1.37 bits per heavy atom. The fraction of sp³-hybridized carbons (Fsp3) is 0.583. The topological polar surface area (TPSA) is 81.7 Å². The van der Waals surface area contributed by atoms with Crippen LogP contribution in [-0.2, 0) is 23.9 Å². The lowest BCUT2D eigenvalue weighted by Crippen LogP contribution is -2.30. The van der Waals surface area contributed by atoms with Crippen LogP contribution in [0.3, 0.4) is 0 Å². The van der Waals surface area contributed by atoms with E-state index in [-0.39, 0.29) is 24.2 Å². The average Bonchev–Trinajstić information content (AvgIpc) is 2.87. The molecule has 6 nitrogen and oxygen atoms in total. The van der Waals surface area contributed by atoms with Crippen molar-refractivity contribution in [3.8, 4) is 0 Å². The summed E-state index contributed by atoms with van der Waals surface area (Å²) in [6, 6.07) is 0. The third-order valence-electron chi connectivity index (χ3n) is 2.32. The molecule has 0 aromatic rings. The van der Waals surface area contributed by atoms with Crippen LogP contribution in [0.2, 0.25) is 0 Å². The van der Waals surface area contributed by atoms with Crippen molar-refractivity contribution in [2.24, 2.45) is 0 Å². The molecule has 0 aromatic carbocycles. The number of esters is 2. The molecule has 0 aliphatic carbocycles. The number of hydrogen-bond donors (Lipinski definition) is 1. The van der Waals surface area contributed by atoms with E-state index >= 15 is 0 Å². The number of ether oxygens (including phenoxy) is 2. The van der Waals surface area contributed by atoms with Crippen LogP contribution < -0.4 is 5.32 Å². The Balaban J connectivity index is 2.49. The second-order valence-electron chi connectivity index (χ2n) is 3.73. The first-order chi connectivity index (χ1) is 9.06. The predicted molar refractivity (Wildman–Crippen MR) is 70.6 cm³/mol. The van der Waals surface area contributed by atoms with Gasteiger partial charge in [-0.25, -0.2) is 9.59 Å². The number of carbonyl (C=O) groups is 3. The Morgan fingerprint density at radius 2 is 2.11 bits per heavy atom. The first-order valence-corrected chi connectivity index (χ1v) is 7.01. The van der Waals surface area contributed by atoms with E-state index in [2.05, 4.69) is 5.32 Å². The van der Waals surface area contributed by atoms with E-state index in [1.807, 2.05) is 0 Å². The van der Waals surface area contributed by atoms with Crippen molar-refractivity contribution in [1.29, 1.82) is 0 Å². The maximum atomic E-state index is 11.6. The van der Waals surface area contributed by atoms with E-state index in [1.165, 1.54) is 24.8 Å². The number of ketones is 1. The first-order valence-electron chi connectivity index (χ1n) is 5.96. The van der Waals surface area contributed by atoms with Gasteiger partial charge >= 0.3 is 11.9 Å². The summed E-state index contributed by atoms with van der Waals surface area (Å²) in [5, 5.41) is 2.61. The fourth-order valence-corrected chi connectivity index (χ4v) is 2.35. The van der Waals surface area contributed by atoms with E-state index < -0.39 is 17.7 Å². The monoisotopic (exact) mass is 287 g/mol. The highest BCUT2D eigenvalue weighted by Gasteiger charge is 2.24. The standard InChI is InChI=1S/C12H17NO5S/c1-3-17-11(15)9(8(2)14)4-6-18-12(16)10-13-5-7-19-10/h4,10,13H,3,5-7H2,1-2H3. The molecule has 1 saturated heterocycles. The van der Waals surface area contributed by atoms with Crippen molar-refractivity contribution in [3.05, 3.63) is 11.6 Å². The molecule has 0 spiro atoms. The van der Waals surface area contributed by atoms with Gasteiger partial charge in [-0.1, -0.05) is 0 Å². The van der Waals surface area contributed by atoms with Crippen molar-refractivity contribution >= 4 is 29.5 Å². The average molecular weight is 287 g/mol. The number of hydrogen-bond acceptors (Lipinski definition) is 7. The molecule has 1 fully saturated rings. The van der Waals surface area contributed by atoms with Crippen LogP contribution in [0.15, 0.2) is 11.6 Å². The summed E-state index contributed by atoms with van der Waals surface area (Å²) in [7, 11) is 0. The lowest BCUT2D eigenvalue weighted by molar-refractivity contribution is -0.143. The van der Waals surface area contributed by atoms with Gasteiger partial charge in [0.2, 0.25) is 0 Å². The molecule has 19 heavy (non-hydrogen) atoms. The van der Waals surface area contributed by atoms with Crippen molar-refractivity contribution in [2.75, 3.05) is 25.5 Å². The molecule has 1 heterocycles. The Hall–Kier alpha value is -1.34. The van der Waals surface area contributed by atoms with Gasteiger partial charge in [-0.2, -0.15) is 0 Å². The highest BCUT2D eigenvalue weighted by atomic mass is 32.2. The van der Waals surface area contributed by atoms with Gasteiger partial charge in [0.1, 0.15) is 12.2 Å². The van der Waals surface area contributed by atoms with Gasteiger partial charge < -0.3 is 9.47 Å². The Bertz CT molecular complexity index is 388. The molecule has 106 valence electrons. The molecule has 1 atom stereocenters. The lowest BCUT2D eigenvalue weighted by Gasteiger charge is -2.08. The second-order valence-corrected chi connectivity index (χ2v) is 4.94. The molecule has 0 radical (unpaired) electrons. The third-order valence-corrected chi connectivity index (χ3v) is 3.45. The summed E-state index contributed by atoms with van der Waals surface area (Å²) in [6.45, 7) is 3.75. The van der Waals surface area contributed by atoms with Gasteiger partial charge in [-0.05, 0) is 19.9 Å². The third kappa shape index (κ3) is 5.04. The number of carbonyl (C=O) groups excluding carboxylic acids is 3. The van der Waals surface area contributed by atoms with Crippen LogP contribution >= 0.6 is 11.8 Å². The van der Waals surface area contributed by atoms with Crippen LogP contribution in [0.25, 0.3) is 0 Å². The molecule has 7 heteroatoms. The minimum absolute atomic E-state index is 0.0957. The molecule has 1 aliphatic rings. The Kier molecular flexibility index (Phi) is 6.58. The number of thioether (sulfide) groups is 1. The van der Waals surface area contributed by atoms with E-state index in [1.54, 1.807) is 6.92 Å². The summed E-state index contributed by atoms with van der Waals surface area (Å²) < 4.78 is 9.71. The summed E-state index contributed by atoms with van der Waals surface area (Å²) >= 11 is 1.47. The van der Waals surface area contributed by atoms with Crippen LogP contribution in [-0.4, -0.2) is 48.6 Å². The van der Waals surface area contributed by atoms with E-state index in [9.17, 15) is 14.4 Å². The van der Waals surface area contributed by atoms with Gasteiger partial charge in [-0.15, -0.1) is 11.8 Å². The number of rotatable bonds is 6. The van der Waals surface area contributed by atoms with Gasteiger partial charge in [0.25, 0.3) is 0 Å². The largest absolute Gasteiger partial charge is 0.462 e. The van der Waals surface area contributed by atoms with E-state index in [0.717, 1.165) is 12.3 Å². The Morgan fingerprint density at radius 3 is 2.63 bits per heavy atom. The molecule has 0 amide bonds. The summed E-state index contributed by atoms with van der Waals surface area (Å²) in [5.41, 5.74) is -0.0957. The first kappa shape index (κ1) is 15.7. The van der Waals surface area contributed by atoms with Crippen molar-refractivity contribution in [1.82, 2.24) is 5.32 Å². The van der Waals surface area contributed by atoms with Crippen molar-refractivity contribution in [2.45, 2.75) is 19.2 Å². The van der Waals surface area contributed by atoms with Crippen molar-refractivity contribution in [3.63, 3.8) is 0 Å². The maximum Gasteiger partial charge on any atom is 0.341 e. The van der Waals surface area contributed by atoms with Gasteiger partial charge in [0.15, 0.2) is 11.2 Å². The van der Waals surface area contributed by atoms with Crippen molar-refractivity contribution < 1.29 is 23.9 Å². The lowest BCUT2D eigenvalue weighted by atomic mass is 10.2. The van der Waals surface area contributed by atoms with Gasteiger partial charge in [0, 0.05) is 12.3 Å². The molecule has 1 N–H and O–H groups in total. The summed E-state index contributed by atoms with van der Waals surface area (Å²) in [5.74, 6) is -0.648. The summed E-state index contributed by atoms with van der Waals surface area (Å²) in [6.07, 6.45) is 1.28. The minimum Gasteiger partial charge on any atom is -0.462 e. The van der Waals surface area contributed by atoms with Gasteiger partial charge in [0.05, 0.1) is 6.61 Å². The van der Waals surface area contributed by atoms with Crippen LogP contribution in [0.5, 0.6) is 0 Å². The van der Waals surface area contributed by atoms with Crippen LogP contribution in [0.4, 0.5) is 0 Å². The minimum atomic E-state index is -0.695. The molecule has 1 aliphatic heterocycles. The maximum absolute atomic E-state index is 11.6. The smallest absolute Gasteiger partial charge is 0.341 e. The van der Waals surface area contributed by atoms with E-state index in [4.69, 9.17) is 9.47 Å². The quantitative estimate of drug-likeness (QED) is 0.325. The highest BCUT2D eigenvalue weighted by Crippen LogP contribution is 2.14. The van der Waals surface area contributed by atoms with Gasteiger partial charge in [-0.3, -0.25) is 10.1 Å². The van der Waals surface area contributed by atoms with Crippen LogP contribution in [0, 0.1) is 0 Å². The zero-order valence-electron chi connectivity index (χ0n) is 10.9. The second kappa shape index (κ2) is 7.96. The molecular weight excluding hydrogens is 270 g/mol. The molecule has 1 unspecified atom stereocenters. The predicted octanol–water partition coefficient (Wildman–Crippen LogP) is 0.271. The normalized spacial score (nSPS) is 19.1. The fourth-order valence-electron chi connectivity index (χ4n) is 1.44. The zero-order valence-corrected chi connectivity index (χ0v) is 11.7. The number of Topliss-reactive ketones (excluding diaryl/α,β-unsaturated/α-hetero) is 1. The van der Waals surface area contributed by atoms with Crippen LogP contribution in [0.1, 0.15) is 13.8 Å². The van der Waals surface area contributed by atoms with E-state index in [0.29, 0.717) is 0 Å². The molecule has 0 aromatic heterocycles. The molecule has 0 saturated carbocycles. The number of nitrogens with one attached hydrogen (secondary N) is 1. The summed E-state index contributed by atoms with van der Waals surface area (Å²) in [4.78, 5) is 34.3. The molecular formula is C12H17NO5S. The SMILES string of the molecule is CCOC(=O)C(=CCOC(=O)C1NCCS1)C(C)=O. The zero-order chi connectivity index (χ0) is 14.3. The highest BCUT2D eigenvalue weighted by molar-refractivity contribution is 8.00. The molecule has 0 bridgehead atoms. The molecule has 1 rings (SSSR count). The Labute approximate surface area is 115 Å².